The Kier molecular flexibility index (Phi) is 8.15. The minimum atomic E-state index is -0.665. The molecule has 2 aromatic carbocycles. The number of anilines is 1. The second-order valence-electron chi connectivity index (χ2n) is 9.94. The molecule has 208 valence electrons. The van der Waals surface area contributed by atoms with Crippen LogP contribution >= 0.6 is 25.1 Å². The van der Waals surface area contributed by atoms with Crippen LogP contribution in [0, 0.1) is 5.82 Å². The van der Waals surface area contributed by atoms with Crippen molar-refractivity contribution in [1.29, 1.82) is 0 Å². The number of carbonyl (C=O) groups is 1. The number of piperazine rings is 1. The Hall–Kier alpha value is -3.28. The zero-order valence-corrected chi connectivity index (χ0v) is 23.7. The zero-order valence-electron chi connectivity index (χ0n) is 21.9. The number of aromatic nitrogens is 2. The number of aromatic hydroxyl groups is 1. The largest absolute Gasteiger partial charge is 0.507 e. The summed E-state index contributed by atoms with van der Waals surface area (Å²) in [7, 11) is 3.80. The number of halogens is 2. The molecule has 9 nitrogen and oxygen atoms in total. The summed E-state index contributed by atoms with van der Waals surface area (Å²) in [5, 5.41) is 11.3. The number of rotatable bonds is 5. The van der Waals surface area contributed by atoms with Crippen LogP contribution in [0.3, 0.4) is 0 Å². The van der Waals surface area contributed by atoms with Crippen molar-refractivity contribution in [3.8, 4) is 22.6 Å². The van der Waals surface area contributed by atoms with Crippen LogP contribution in [0.1, 0.15) is 13.0 Å². The Morgan fingerprint density at radius 1 is 1.33 bits per heavy atom. The molecule has 2 atom stereocenters. The SMILES string of the molecule is C=CC(=O)N1CCN(c2nc(=O)n3c4c(c(-c5c(O)cccc5F)c(Cl)cc24)OC[C@@H]3CN(C)C)[C@@H](C)C1.S. The number of benzene rings is 2. The van der Waals surface area contributed by atoms with Crippen molar-refractivity contribution in [3.63, 3.8) is 0 Å². The number of hydrogen-bond donors (Lipinski definition) is 1. The minimum Gasteiger partial charge on any atom is -0.507 e. The monoisotopic (exact) mass is 575 g/mol. The molecule has 0 spiro atoms. The number of nitrogens with zero attached hydrogens (tertiary/aromatic N) is 5. The van der Waals surface area contributed by atoms with E-state index < -0.39 is 11.5 Å². The van der Waals surface area contributed by atoms with Crippen LogP contribution in [-0.2, 0) is 4.79 Å². The van der Waals surface area contributed by atoms with Crippen molar-refractivity contribution < 1.29 is 19.0 Å². The highest BCUT2D eigenvalue weighted by atomic mass is 35.5. The Bertz CT molecular complexity index is 1490. The van der Waals surface area contributed by atoms with Gasteiger partial charge in [0.25, 0.3) is 0 Å². The van der Waals surface area contributed by atoms with Crippen LogP contribution < -0.4 is 15.3 Å². The van der Waals surface area contributed by atoms with Gasteiger partial charge in [-0.05, 0) is 45.3 Å². The molecular weight excluding hydrogens is 545 g/mol. The normalized spacial score (nSPS) is 18.6. The Labute approximate surface area is 237 Å². The highest BCUT2D eigenvalue weighted by Crippen LogP contribution is 2.49. The maximum atomic E-state index is 15.0. The van der Waals surface area contributed by atoms with Crippen molar-refractivity contribution in [3.05, 3.63) is 58.2 Å². The molecular formula is C27H31ClFN5O4S. The van der Waals surface area contributed by atoms with E-state index in [1.807, 2.05) is 30.8 Å². The Morgan fingerprint density at radius 2 is 2.08 bits per heavy atom. The topological polar surface area (TPSA) is 91.1 Å². The molecule has 1 aromatic heterocycles. The van der Waals surface area contributed by atoms with E-state index in [2.05, 4.69) is 11.6 Å². The van der Waals surface area contributed by atoms with Gasteiger partial charge in [0.15, 0.2) is 5.75 Å². The van der Waals surface area contributed by atoms with E-state index in [0.717, 1.165) is 0 Å². The summed E-state index contributed by atoms with van der Waals surface area (Å²) in [6, 6.07) is 5.15. The molecule has 1 saturated heterocycles. The van der Waals surface area contributed by atoms with Gasteiger partial charge in [-0.25, -0.2) is 9.18 Å². The van der Waals surface area contributed by atoms with Gasteiger partial charge in [-0.1, -0.05) is 24.2 Å². The first-order valence-corrected chi connectivity index (χ1v) is 12.7. The van der Waals surface area contributed by atoms with Crippen molar-refractivity contribution in [2.24, 2.45) is 0 Å². The van der Waals surface area contributed by atoms with E-state index in [9.17, 15) is 14.7 Å². The van der Waals surface area contributed by atoms with Crippen LogP contribution in [0.4, 0.5) is 10.2 Å². The highest BCUT2D eigenvalue weighted by molar-refractivity contribution is 7.59. The van der Waals surface area contributed by atoms with Gasteiger partial charge < -0.3 is 24.5 Å². The number of hydrogen-bond acceptors (Lipinski definition) is 7. The summed E-state index contributed by atoms with van der Waals surface area (Å²) in [5.74, 6) is -0.473. The molecule has 1 N–H and O–H groups in total. The Balaban J connectivity index is 0.00000353. The predicted octanol–water partition coefficient (Wildman–Crippen LogP) is 3.39. The molecule has 0 saturated carbocycles. The lowest BCUT2D eigenvalue weighted by Gasteiger charge is -2.41. The number of phenolic OH excluding ortho intramolecular Hbond substituents is 1. The van der Waals surface area contributed by atoms with Gasteiger partial charge in [-0.15, -0.1) is 0 Å². The van der Waals surface area contributed by atoms with E-state index in [4.69, 9.17) is 16.3 Å². The second-order valence-corrected chi connectivity index (χ2v) is 10.3. The second kappa shape index (κ2) is 11.1. The van der Waals surface area contributed by atoms with Gasteiger partial charge in [-0.3, -0.25) is 9.36 Å². The number of amides is 1. The van der Waals surface area contributed by atoms with E-state index in [0.29, 0.717) is 42.9 Å². The quantitative estimate of drug-likeness (QED) is 0.466. The van der Waals surface area contributed by atoms with Gasteiger partial charge in [-0.2, -0.15) is 18.5 Å². The summed E-state index contributed by atoms with van der Waals surface area (Å²) < 4.78 is 22.8. The summed E-state index contributed by atoms with van der Waals surface area (Å²) in [6.07, 6.45) is 1.29. The van der Waals surface area contributed by atoms with Crippen molar-refractivity contribution >= 4 is 47.7 Å². The zero-order chi connectivity index (χ0) is 27.3. The molecule has 2 aliphatic rings. The molecule has 1 amide bonds. The lowest BCUT2D eigenvalue weighted by molar-refractivity contribution is -0.126. The average Bonchev–Trinajstić information content (AvgIpc) is 2.87. The minimum absolute atomic E-state index is 0. The number of carbonyl (C=O) groups excluding carboxylic acids is 1. The third-order valence-corrected chi connectivity index (χ3v) is 7.38. The first-order valence-electron chi connectivity index (χ1n) is 12.3. The maximum absolute atomic E-state index is 15.0. The fourth-order valence-electron chi connectivity index (χ4n) is 5.43. The highest BCUT2D eigenvalue weighted by Gasteiger charge is 2.35. The predicted molar refractivity (Wildman–Crippen MR) is 155 cm³/mol. The summed E-state index contributed by atoms with van der Waals surface area (Å²) in [5.41, 5.74) is 0.0595. The summed E-state index contributed by atoms with van der Waals surface area (Å²) in [6.45, 7) is 7.48. The molecule has 0 unspecified atom stereocenters. The summed E-state index contributed by atoms with van der Waals surface area (Å²) in [4.78, 5) is 35.9. The van der Waals surface area contributed by atoms with Crippen LogP contribution in [-0.4, -0.2) is 83.3 Å². The third-order valence-electron chi connectivity index (χ3n) is 7.09. The van der Waals surface area contributed by atoms with Crippen molar-refractivity contribution in [2.45, 2.75) is 19.0 Å². The van der Waals surface area contributed by atoms with E-state index in [1.54, 1.807) is 15.5 Å². The molecule has 12 heteroatoms. The lowest BCUT2D eigenvalue weighted by atomic mass is 9.98. The van der Waals surface area contributed by atoms with Crippen molar-refractivity contribution in [1.82, 2.24) is 19.4 Å². The molecule has 2 aliphatic heterocycles. The van der Waals surface area contributed by atoms with Gasteiger partial charge in [0.1, 0.15) is 24.0 Å². The molecule has 0 aliphatic carbocycles. The van der Waals surface area contributed by atoms with E-state index in [1.165, 1.54) is 24.3 Å². The Morgan fingerprint density at radius 3 is 2.72 bits per heavy atom. The van der Waals surface area contributed by atoms with E-state index in [-0.39, 0.29) is 65.7 Å². The third kappa shape index (κ3) is 4.94. The number of ether oxygens (including phenoxy) is 1. The smallest absolute Gasteiger partial charge is 0.350 e. The first kappa shape index (κ1) is 28.7. The van der Waals surface area contributed by atoms with Crippen LogP contribution in [0.5, 0.6) is 11.5 Å². The van der Waals surface area contributed by atoms with Crippen LogP contribution in [0.15, 0.2) is 41.7 Å². The molecule has 3 aromatic rings. The van der Waals surface area contributed by atoms with Gasteiger partial charge in [0.05, 0.1) is 27.7 Å². The molecule has 0 bridgehead atoms. The molecule has 39 heavy (non-hydrogen) atoms. The van der Waals surface area contributed by atoms with Crippen LogP contribution in [0.2, 0.25) is 5.02 Å². The van der Waals surface area contributed by atoms with Crippen LogP contribution in [0.25, 0.3) is 22.0 Å². The van der Waals surface area contributed by atoms with Gasteiger partial charge >= 0.3 is 5.69 Å². The maximum Gasteiger partial charge on any atom is 0.350 e. The van der Waals surface area contributed by atoms with Gasteiger partial charge in [0, 0.05) is 37.6 Å². The lowest BCUT2D eigenvalue weighted by Crippen LogP contribution is -2.54. The fourth-order valence-corrected chi connectivity index (χ4v) is 5.72. The fraction of sp³-hybridized carbons (Fsp3) is 0.370. The molecule has 3 heterocycles. The molecule has 0 radical (unpaired) electrons. The van der Waals surface area contributed by atoms with Crippen molar-refractivity contribution in [2.75, 3.05) is 51.8 Å². The van der Waals surface area contributed by atoms with Gasteiger partial charge in [0.2, 0.25) is 5.91 Å². The number of likely N-dealkylation sites (N-methyl/N-ethyl adjacent to an activating group) is 1. The average molecular weight is 576 g/mol. The summed E-state index contributed by atoms with van der Waals surface area (Å²) >= 11 is 6.77. The number of phenols is 1. The standard InChI is InChI=1S/C27H29ClFN5O4.H2S/c1-5-21(36)32-9-10-33(15(2)12-32)26-17-11-18(28)22(23-19(29)7-6-8-20(23)35)25-24(17)34(27(37)30-26)16(14-38-25)13-31(3)4;/h5-8,11,15-16,35H,1,9-10,12-14H2,2-4H3;1H2/t15-,16-;/m0./s1. The molecule has 5 rings (SSSR count). The van der Waals surface area contributed by atoms with E-state index >= 15 is 4.39 Å². The molecule has 1 fully saturated rings. The first-order chi connectivity index (χ1) is 18.1.